The molecular weight excluding hydrogens is 432 g/mol. The number of nitrogens with zero attached hydrogens (tertiary/aromatic N) is 4. The Balaban J connectivity index is 1.80. The summed E-state index contributed by atoms with van der Waals surface area (Å²) < 4.78 is 28.6. The van der Waals surface area contributed by atoms with Gasteiger partial charge in [-0.2, -0.15) is 9.40 Å². The Morgan fingerprint density at radius 1 is 1.16 bits per heavy atom. The third-order valence-corrected chi connectivity index (χ3v) is 7.24. The van der Waals surface area contributed by atoms with E-state index in [1.807, 2.05) is 4.90 Å². The Bertz CT molecular complexity index is 955. The second-order valence-electron chi connectivity index (χ2n) is 5.59. The summed E-state index contributed by atoms with van der Waals surface area (Å²) in [5, 5.41) is 4.24. The summed E-state index contributed by atoms with van der Waals surface area (Å²) in [6.07, 6.45) is 1.60. The predicted octanol–water partition coefficient (Wildman–Crippen LogP) is 1.71. The van der Waals surface area contributed by atoms with Crippen LogP contribution in [0.4, 0.5) is 5.69 Å². The van der Waals surface area contributed by atoms with E-state index in [0.29, 0.717) is 36.3 Å². The molecule has 25 heavy (non-hydrogen) atoms. The Morgan fingerprint density at radius 2 is 1.80 bits per heavy atom. The van der Waals surface area contributed by atoms with Crippen molar-refractivity contribution in [2.45, 2.75) is 4.90 Å². The van der Waals surface area contributed by atoms with Gasteiger partial charge in [-0.3, -0.25) is 4.79 Å². The van der Waals surface area contributed by atoms with Crippen molar-refractivity contribution in [1.29, 1.82) is 0 Å². The molecule has 1 aliphatic heterocycles. The first-order valence-corrected chi connectivity index (χ1v) is 10.1. The Labute approximate surface area is 159 Å². The van der Waals surface area contributed by atoms with Crippen LogP contribution in [0.1, 0.15) is 0 Å². The topological polar surface area (TPSA) is 75.5 Å². The first-order valence-electron chi connectivity index (χ1n) is 7.54. The number of aromatic nitrogens is 2. The largest absolute Gasteiger partial charge is 0.367 e. The molecular formula is C15H16BrClN4O3S. The maximum absolute atomic E-state index is 12.8. The summed E-state index contributed by atoms with van der Waals surface area (Å²) >= 11 is 9.34. The highest BCUT2D eigenvalue weighted by Crippen LogP contribution is 2.27. The van der Waals surface area contributed by atoms with Gasteiger partial charge in [-0.25, -0.2) is 13.1 Å². The molecule has 134 valence electrons. The average molecular weight is 448 g/mol. The maximum Gasteiger partial charge on any atom is 0.282 e. The van der Waals surface area contributed by atoms with Crippen LogP contribution in [0.25, 0.3) is 0 Å². The molecule has 2 aromatic rings. The standard InChI is InChI=1S/C15H16BrClN4O3S/c1-19-15(22)14(16)12(10-18-19)20-6-8-21(9-7-20)25(23,24)13-5-3-2-4-11(13)17/h2-5,10H,6-9H2,1H3. The summed E-state index contributed by atoms with van der Waals surface area (Å²) in [6.45, 7) is 1.51. The van der Waals surface area contributed by atoms with E-state index in [2.05, 4.69) is 21.0 Å². The van der Waals surface area contributed by atoms with Gasteiger partial charge in [0.25, 0.3) is 5.56 Å². The van der Waals surface area contributed by atoms with E-state index in [1.165, 1.54) is 15.1 Å². The average Bonchev–Trinajstić information content (AvgIpc) is 2.60. The van der Waals surface area contributed by atoms with Gasteiger partial charge in [0.05, 0.1) is 16.9 Å². The molecule has 0 aliphatic carbocycles. The van der Waals surface area contributed by atoms with Crippen LogP contribution in [0, 0.1) is 0 Å². The molecule has 2 heterocycles. The van der Waals surface area contributed by atoms with E-state index in [4.69, 9.17) is 11.6 Å². The van der Waals surface area contributed by atoms with E-state index >= 15 is 0 Å². The minimum atomic E-state index is -3.64. The molecule has 1 fully saturated rings. The lowest BCUT2D eigenvalue weighted by Crippen LogP contribution is -2.49. The van der Waals surface area contributed by atoms with E-state index in [9.17, 15) is 13.2 Å². The Hall–Kier alpha value is -1.42. The fourth-order valence-electron chi connectivity index (χ4n) is 2.68. The zero-order chi connectivity index (χ0) is 18.2. The molecule has 1 aromatic heterocycles. The van der Waals surface area contributed by atoms with Crippen molar-refractivity contribution >= 4 is 43.2 Å². The molecule has 0 unspecified atom stereocenters. The second kappa shape index (κ2) is 7.06. The summed E-state index contributed by atoms with van der Waals surface area (Å²) in [5.41, 5.74) is 0.432. The fourth-order valence-corrected chi connectivity index (χ4v) is 5.21. The van der Waals surface area contributed by atoms with Crippen molar-refractivity contribution in [2.75, 3.05) is 31.1 Å². The van der Waals surface area contributed by atoms with Crippen molar-refractivity contribution in [1.82, 2.24) is 14.1 Å². The lowest BCUT2D eigenvalue weighted by molar-refractivity contribution is 0.384. The number of hydrogen-bond donors (Lipinski definition) is 0. The predicted molar refractivity (Wildman–Crippen MR) is 99.6 cm³/mol. The minimum Gasteiger partial charge on any atom is -0.367 e. The van der Waals surface area contributed by atoms with Gasteiger partial charge in [0.2, 0.25) is 10.0 Å². The molecule has 0 bridgehead atoms. The van der Waals surface area contributed by atoms with E-state index in [-0.39, 0.29) is 15.5 Å². The minimum absolute atomic E-state index is 0.113. The first kappa shape index (κ1) is 18.4. The van der Waals surface area contributed by atoms with Gasteiger partial charge in [-0.05, 0) is 28.1 Å². The van der Waals surface area contributed by atoms with E-state index in [0.717, 1.165) is 0 Å². The molecule has 0 amide bonds. The zero-order valence-corrected chi connectivity index (χ0v) is 16.6. The number of rotatable bonds is 3. The summed E-state index contributed by atoms with van der Waals surface area (Å²) in [4.78, 5) is 14.0. The molecule has 3 rings (SSSR count). The maximum atomic E-state index is 12.8. The molecule has 1 aliphatic rings. The first-order chi connectivity index (χ1) is 11.8. The molecule has 7 nitrogen and oxygen atoms in total. The third kappa shape index (κ3) is 3.46. The van der Waals surface area contributed by atoms with Crippen LogP contribution < -0.4 is 10.5 Å². The summed E-state index contributed by atoms with van der Waals surface area (Å²) in [5.74, 6) is 0. The van der Waals surface area contributed by atoms with Gasteiger partial charge in [0.15, 0.2) is 0 Å². The molecule has 0 saturated carbocycles. The fraction of sp³-hybridized carbons (Fsp3) is 0.333. The van der Waals surface area contributed by atoms with Crippen LogP contribution in [0.3, 0.4) is 0 Å². The normalized spacial score (nSPS) is 16.2. The lowest BCUT2D eigenvalue weighted by atomic mass is 10.3. The second-order valence-corrected chi connectivity index (χ2v) is 8.70. The van der Waals surface area contributed by atoms with E-state index in [1.54, 1.807) is 31.4 Å². The molecule has 0 atom stereocenters. The highest BCUT2D eigenvalue weighted by atomic mass is 79.9. The summed E-state index contributed by atoms with van der Waals surface area (Å²) in [7, 11) is -2.07. The Morgan fingerprint density at radius 3 is 2.44 bits per heavy atom. The molecule has 0 N–H and O–H groups in total. The molecule has 10 heteroatoms. The van der Waals surface area contributed by atoms with Gasteiger partial charge in [0, 0.05) is 33.2 Å². The van der Waals surface area contributed by atoms with Crippen molar-refractivity contribution in [3.63, 3.8) is 0 Å². The van der Waals surface area contributed by atoms with Gasteiger partial charge in [-0.15, -0.1) is 0 Å². The highest BCUT2D eigenvalue weighted by molar-refractivity contribution is 9.10. The lowest BCUT2D eigenvalue weighted by Gasteiger charge is -2.35. The number of halogens is 2. The quantitative estimate of drug-likeness (QED) is 0.716. The highest BCUT2D eigenvalue weighted by Gasteiger charge is 2.30. The smallest absolute Gasteiger partial charge is 0.282 e. The van der Waals surface area contributed by atoms with Gasteiger partial charge >= 0.3 is 0 Å². The SMILES string of the molecule is Cn1ncc(N2CCN(S(=O)(=O)c3ccccc3Cl)CC2)c(Br)c1=O. The number of sulfonamides is 1. The van der Waals surface area contributed by atoms with Crippen LogP contribution in [-0.4, -0.2) is 48.7 Å². The number of benzene rings is 1. The van der Waals surface area contributed by atoms with Crippen LogP contribution in [0.5, 0.6) is 0 Å². The number of anilines is 1. The monoisotopic (exact) mass is 446 g/mol. The number of aryl methyl sites for hydroxylation is 1. The van der Waals surface area contributed by atoms with Gasteiger partial charge < -0.3 is 4.90 Å². The molecule has 1 saturated heterocycles. The third-order valence-electron chi connectivity index (χ3n) is 4.09. The molecule has 0 radical (unpaired) electrons. The van der Waals surface area contributed by atoms with Crippen molar-refractivity contribution in [2.24, 2.45) is 7.05 Å². The van der Waals surface area contributed by atoms with Crippen LogP contribution in [0.2, 0.25) is 5.02 Å². The summed E-state index contributed by atoms with van der Waals surface area (Å²) in [6, 6.07) is 6.41. The number of hydrogen-bond acceptors (Lipinski definition) is 5. The van der Waals surface area contributed by atoms with Gasteiger partial charge in [-0.1, -0.05) is 23.7 Å². The van der Waals surface area contributed by atoms with Crippen molar-refractivity contribution < 1.29 is 8.42 Å². The van der Waals surface area contributed by atoms with Gasteiger partial charge in [0.1, 0.15) is 9.37 Å². The number of piperazine rings is 1. The van der Waals surface area contributed by atoms with Crippen LogP contribution in [-0.2, 0) is 17.1 Å². The van der Waals surface area contributed by atoms with Crippen molar-refractivity contribution in [3.8, 4) is 0 Å². The van der Waals surface area contributed by atoms with E-state index < -0.39 is 10.0 Å². The Kier molecular flexibility index (Phi) is 5.19. The van der Waals surface area contributed by atoms with Crippen molar-refractivity contribution in [3.05, 3.63) is 50.3 Å². The molecule has 1 aromatic carbocycles. The molecule has 0 spiro atoms. The van der Waals surface area contributed by atoms with Crippen LogP contribution >= 0.6 is 27.5 Å². The zero-order valence-electron chi connectivity index (χ0n) is 13.4. The van der Waals surface area contributed by atoms with Crippen LogP contribution in [0.15, 0.2) is 44.6 Å².